The number of nitro benzene ring substituents is 1. The molecule has 0 saturated heterocycles. The molecule has 0 atom stereocenters. The van der Waals surface area contributed by atoms with Crippen LogP contribution < -0.4 is 5.32 Å². The fraction of sp³-hybridized carbons (Fsp3) is 0.0417. The van der Waals surface area contributed by atoms with Gasteiger partial charge in [-0.2, -0.15) is 5.26 Å². The number of halogens is 3. The van der Waals surface area contributed by atoms with Crippen LogP contribution in [0.5, 0.6) is 0 Å². The van der Waals surface area contributed by atoms with Crippen molar-refractivity contribution < 1.29 is 14.1 Å². The molecule has 1 N–H and O–H groups in total. The van der Waals surface area contributed by atoms with E-state index in [0.29, 0.717) is 32.9 Å². The number of hydrogen-bond donors (Lipinski definition) is 1. The smallest absolute Gasteiger partial charge is 0.270 e. The number of rotatable bonds is 7. The van der Waals surface area contributed by atoms with E-state index in [-0.39, 0.29) is 22.0 Å². The fourth-order valence-electron chi connectivity index (χ4n) is 3.16. The highest BCUT2D eigenvalue weighted by Crippen LogP contribution is 2.33. The maximum atomic E-state index is 12.6. The monoisotopic (exact) mass is 558 g/mol. The van der Waals surface area contributed by atoms with Crippen molar-refractivity contribution in [3.8, 4) is 17.4 Å². The van der Waals surface area contributed by atoms with Crippen molar-refractivity contribution in [3.63, 3.8) is 0 Å². The number of furan rings is 1. The molecule has 0 spiro atoms. The molecular weight excluding hydrogens is 547 g/mol. The second-order valence-electron chi connectivity index (χ2n) is 7.29. The minimum Gasteiger partial charge on any atom is -0.457 e. The van der Waals surface area contributed by atoms with Crippen LogP contribution in [0.2, 0.25) is 15.1 Å². The zero-order chi connectivity index (χ0) is 25.8. The van der Waals surface area contributed by atoms with E-state index in [4.69, 9.17) is 39.2 Å². The van der Waals surface area contributed by atoms with Gasteiger partial charge in [0.25, 0.3) is 11.6 Å². The van der Waals surface area contributed by atoms with Gasteiger partial charge < -0.3 is 4.42 Å². The van der Waals surface area contributed by atoms with Crippen molar-refractivity contribution >= 4 is 68.9 Å². The number of carbonyl (C=O) groups is 1. The summed E-state index contributed by atoms with van der Waals surface area (Å²) >= 11 is 19.6. The van der Waals surface area contributed by atoms with Crippen molar-refractivity contribution in [2.45, 2.75) is 6.42 Å². The molecule has 0 aliphatic carbocycles. The highest BCUT2D eigenvalue weighted by atomic mass is 35.5. The van der Waals surface area contributed by atoms with Crippen LogP contribution in [-0.2, 0) is 11.2 Å². The van der Waals surface area contributed by atoms with Crippen LogP contribution in [0.1, 0.15) is 16.2 Å². The quantitative estimate of drug-likeness (QED) is 0.109. The largest absolute Gasteiger partial charge is 0.457 e. The zero-order valence-electron chi connectivity index (χ0n) is 18.0. The van der Waals surface area contributed by atoms with E-state index >= 15 is 0 Å². The van der Waals surface area contributed by atoms with Crippen molar-refractivity contribution in [1.82, 2.24) is 4.98 Å². The summed E-state index contributed by atoms with van der Waals surface area (Å²) in [5.74, 6) is -0.116. The van der Waals surface area contributed by atoms with Gasteiger partial charge >= 0.3 is 0 Å². The van der Waals surface area contributed by atoms with Crippen molar-refractivity contribution in [1.29, 1.82) is 5.26 Å². The van der Waals surface area contributed by atoms with Gasteiger partial charge in [0.15, 0.2) is 5.13 Å². The van der Waals surface area contributed by atoms with Crippen LogP contribution in [0.25, 0.3) is 17.4 Å². The fourth-order valence-corrected chi connectivity index (χ4v) is 4.64. The number of nitrogens with one attached hydrogen (secondary N) is 1. The number of carbonyl (C=O) groups excluding carboxylic acids is 1. The Hall–Kier alpha value is -3.68. The number of benzene rings is 2. The average molecular weight is 560 g/mol. The maximum Gasteiger partial charge on any atom is 0.270 e. The number of non-ortho nitro benzene ring substituents is 1. The molecule has 0 bridgehead atoms. The van der Waals surface area contributed by atoms with Gasteiger partial charge in [0.2, 0.25) is 0 Å². The highest BCUT2D eigenvalue weighted by molar-refractivity contribution is 7.15. The third-order valence-corrected chi connectivity index (χ3v) is 6.68. The van der Waals surface area contributed by atoms with E-state index in [1.165, 1.54) is 35.6 Å². The molecular formula is C24H13Cl3N4O4S. The van der Waals surface area contributed by atoms with Gasteiger partial charge in [0.1, 0.15) is 23.2 Å². The standard InChI is InChI=1S/C24H13Cl3N4O4S/c25-15-1-5-20(26)13(7-15)9-18-12-29-24(36-18)30-23(32)14(11-28)8-17-3-6-22(35-17)19-4-2-16(31(33)34)10-21(19)27/h1-8,10,12H,9H2,(H,29,30,32). The second kappa shape index (κ2) is 10.9. The Labute approximate surface area is 223 Å². The lowest BCUT2D eigenvalue weighted by Gasteiger charge is -2.02. The Kier molecular flexibility index (Phi) is 7.72. The van der Waals surface area contributed by atoms with Gasteiger partial charge in [-0.05, 0) is 42.0 Å². The molecule has 2 heterocycles. The number of anilines is 1. The summed E-state index contributed by atoms with van der Waals surface area (Å²) in [6.07, 6.45) is 3.37. The number of thiazole rings is 1. The normalized spacial score (nSPS) is 11.2. The topological polar surface area (TPSA) is 122 Å². The van der Waals surface area contributed by atoms with E-state index in [1.807, 2.05) is 6.07 Å². The first-order chi connectivity index (χ1) is 17.2. The van der Waals surface area contributed by atoms with E-state index in [2.05, 4.69) is 10.3 Å². The number of nitriles is 1. The summed E-state index contributed by atoms with van der Waals surface area (Å²) in [5, 5.41) is 24.6. The minimum absolute atomic E-state index is 0.131. The molecule has 8 nitrogen and oxygen atoms in total. The van der Waals surface area contributed by atoms with Gasteiger partial charge in [0, 0.05) is 51.3 Å². The van der Waals surface area contributed by atoms with Gasteiger partial charge in [-0.1, -0.05) is 34.8 Å². The summed E-state index contributed by atoms with van der Waals surface area (Å²) in [5.41, 5.74) is 0.894. The van der Waals surface area contributed by atoms with E-state index in [9.17, 15) is 20.2 Å². The lowest BCUT2D eigenvalue weighted by Crippen LogP contribution is -2.13. The maximum absolute atomic E-state index is 12.6. The number of nitrogens with zero attached hydrogens (tertiary/aromatic N) is 3. The molecule has 0 radical (unpaired) electrons. The molecule has 36 heavy (non-hydrogen) atoms. The first-order valence-electron chi connectivity index (χ1n) is 10.1. The molecule has 4 rings (SSSR count). The Bertz CT molecular complexity index is 1550. The molecule has 4 aromatic rings. The van der Waals surface area contributed by atoms with Crippen LogP contribution in [-0.4, -0.2) is 15.8 Å². The van der Waals surface area contributed by atoms with Crippen LogP contribution in [0.4, 0.5) is 10.8 Å². The molecule has 0 unspecified atom stereocenters. The number of aromatic nitrogens is 1. The van der Waals surface area contributed by atoms with Crippen molar-refractivity contribution in [2.24, 2.45) is 0 Å². The predicted molar refractivity (Wildman–Crippen MR) is 139 cm³/mol. The van der Waals surface area contributed by atoms with Crippen LogP contribution in [0.15, 0.2) is 64.7 Å². The lowest BCUT2D eigenvalue weighted by molar-refractivity contribution is -0.384. The third-order valence-electron chi connectivity index (χ3n) is 4.85. The number of hydrogen-bond acceptors (Lipinski definition) is 7. The van der Waals surface area contributed by atoms with Gasteiger partial charge in [-0.3, -0.25) is 20.2 Å². The molecule has 0 saturated carbocycles. The molecule has 0 aliphatic heterocycles. The van der Waals surface area contributed by atoms with E-state index < -0.39 is 10.8 Å². The highest BCUT2D eigenvalue weighted by Gasteiger charge is 2.16. The molecule has 180 valence electrons. The third kappa shape index (κ3) is 5.93. The van der Waals surface area contributed by atoms with Crippen molar-refractivity contribution in [2.75, 3.05) is 5.32 Å². The number of nitro groups is 1. The van der Waals surface area contributed by atoms with Crippen LogP contribution in [0, 0.1) is 21.4 Å². The first-order valence-corrected chi connectivity index (χ1v) is 12.0. The van der Waals surface area contributed by atoms with Gasteiger partial charge in [0.05, 0.1) is 9.95 Å². The van der Waals surface area contributed by atoms with Gasteiger partial charge in [-0.25, -0.2) is 4.98 Å². The van der Waals surface area contributed by atoms with Gasteiger partial charge in [-0.15, -0.1) is 11.3 Å². The van der Waals surface area contributed by atoms with Crippen LogP contribution in [0.3, 0.4) is 0 Å². The predicted octanol–water partition coefficient (Wildman–Crippen LogP) is 7.41. The lowest BCUT2D eigenvalue weighted by atomic mass is 10.1. The molecule has 1 amide bonds. The van der Waals surface area contributed by atoms with Crippen molar-refractivity contribution in [3.05, 3.63) is 102 Å². The van der Waals surface area contributed by atoms with E-state index in [0.717, 1.165) is 10.4 Å². The SMILES string of the molecule is N#CC(=Cc1ccc(-c2ccc([N+](=O)[O-])cc2Cl)o1)C(=O)Nc1ncc(Cc2cc(Cl)ccc2Cl)s1. The zero-order valence-corrected chi connectivity index (χ0v) is 21.1. The van der Waals surface area contributed by atoms with Crippen LogP contribution >= 0.6 is 46.1 Å². The minimum atomic E-state index is -0.662. The Morgan fingerprint density at radius 3 is 2.69 bits per heavy atom. The Balaban J connectivity index is 1.47. The Morgan fingerprint density at radius 2 is 1.97 bits per heavy atom. The molecule has 0 aliphatic rings. The second-order valence-corrected chi connectivity index (χ2v) is 9.66. The summed E-state index contributed by atoms with van der Waals surface area (Å²) in [6.45, 7) is 0. The first kappa shape index (κ1) is 25.4. The average Bonchev–Trinajstić information content (AvgIpc) is 3.49. The number of amides is 1. The molecule has 0 fully saturated rings. The molecule has 2 aromatic heterocycles. The summed E-state index contributed by atoms with van der Waals surface area (Å²) in [6, 6.07) is 14.1. The molecule has 2 aromatic carbocycles. The summed E-state index contributed by atoms with van der Waals surface area (Å²) in [7, 11) is 0. The summed E-state index contributed by atoms with van der Waals surface area (Å²) < 4.78 is 5.68. The van der Waals surface area contributed by atoms with E-state index in [1.54, 1.807) is 36.5 Å². The summed E-state index contributed by atoms with van der Waals surface area (Å²) in [4.78, 5) is 28.0. The Morgan fingerprint density at radius 1 is 1.17 bits per heavy atom. The molecule has 12 heteroatoms.